The lowest BCUT2D eigenvalue weighted by molar-refractivity contribution is -0.126. The first kappa shape index (κ1) is 13.3. The highest BCUT2D eigenvalue weighted by Gasteiger charge is 2.41. The Labute approximate surface area is 102 Å². The summed E-state index contributed by atoms with van der Waals surface area (Å²) >= 11 is 0. The van der Waals surface area contributed by atoms with Gasteiger partial charge in [-0.2, -0.15) is 13.9 Å². The summed E-state index contributed by atoms with van der Waals surface area (Å²) in [5.74, 6) is -3.99. The molecule has 1 heterocycles. The molecule has 1 aromatic heterocycles. The van der Waals surface area contributed by atoms with Crippen molar-refractivity contribution in [2.75, 3.05) is 6.54 Å². The zero-order chi connectivity index (χ0) is 13.3. The third-order valence-electron chi connectivity index (χ3n) is 3.28. The number of hydrogen-bond acceptors (Lipinski definition) is 2. The van der Waals surface area contributed by atoms with E-state index in [4.69, 9.17) is 0 Å². The molecule has 0 amide bonds. The van der Waals surface area contributed by atoms with Crippen molar-refractivity contribution in [3.8, 4) is 0 Å². The topological polar surface area (TPSA) is 29.9 Å². The van der Waals surface area contributed by atoms with Gasteiger partial charge in [-0.3, -0.25) is 4.68 Å². The number of aromatic nitrogens is 2. The average Bonchev–Trinajstić information content (AvgIpc) is 2.69. The molecule has 0 bridgehead atoms. The number of hydrogen-bond donors (Lipinski definition) is 1. The van der Waals surface area contributed by atoms with Crippen molar-refractivity contribution < 1.29 is 17.6 Å². The van der Waals surface area contributed by atoms with Gasteiger partial charge in [0, 0.05) is 24.3 Å². The fourth-order valence-electron chi connectivity index (χ4n) is 2.25. The Hall–Kier alpha value is -1.11. The molecule has 1 aliphatic rings. The van der Waals surface area contributed by atoms with E-state index in [-0.39, 0.29) is 6.04 Å². The Kier molecular flexibility index (Phi) is 3.61. The van der Waals surface area contributed by atoms with Crippen LogP contribution in [0.2, 0.25) is 0 Å². The van der Waals surface area contributed by atoms with Gasteiger partial charge in [-0.15, -0.1) is 0 Å². The predicted octanol–water partition coefficient (Wildman–Crippen LogP) is 2.29. The van der Waals surface area contributed by atoms with E-state index >= 15 is 0 Å². The zero-order valence-corrected chi connectivity index (χ0v) is 9.97. The van der Waals surface area contributed by atoms with E-state index in [2.05, 4.69) is 10.4 Å². The van der Waals surface area contributed by atoms with Crippen LogP contribution >= 0.6 is 0 Å². The normalized spacial score (nSPS) is 20.2. The molecule has 2 rings (SSSR count). The molecule has 1 aromatic rings. The van der Waals surface area contributed by atoms with Crippen molar-refractivity contribution in [1.82, 2.24) is 15.1 Å². The minimum absolute atomic E-state index is 0.313. The van der Waals surface area contributed by atoms with E-state index in [1.165, 1.54) is 0 Å². The second kappa shape index (κ2) is 4.87. The van der Waals surface area contributed by atoms with Crippen molar-refractivity contribution in [2.45, 2.75) is 37.7 Å². The Morgan fingerprint density at radius 2 is 2.28 bits per heavy atom. The molecular formula is C11H15F4N3. The number of nitrogens with zero attached hydrogens (tertiary/aromatic N) is 2. The largest absolute Gasteiger partial charge is 0.319 e. The van der Waals surface area contributed by atoms with Crippen LogP contribution in [0.4, 0.5) is 17.6 Å². The third-order valence-corrected chi connectivity index (χ3v) is 3.28. The van der Waals surface area contributed by atoms with Gasteiger partial charge in [0.2, 0.25) is 0 Å². The Morgan fingerprint density at radius 3 is 2.94 bits per heavy atom. The maximum atomic E-state index is 12.8. The molecule has 1 unspecified atom stereocenters. The molecule has 1 atom stereocenters. The minimum atomic E-state index is -3.99. The summed E-state index contributed by atoms with van der Waals surface area (Å²) in [6.45, 7) is -1.01. The number of halogens is 4. The van der Waals surface area contributed by atoms with Crippen molar-refractivity contribution >= 4 is 0 Å². The quantitative estimate of drug-likeness (QED) is 0.846. The molecule has 102 valence electrons. The maximum absolute atomic E-state index is 12.8. The lowest BCUT2D eigenvalue weighted by Crippen LogP contribution is -2.41. The molecule has 0 radical (unpaired) electrons. The minimum Gasteiger partial charge on any atom is -0.304 e. The molecule has 0 aliphatic heterocycles. The van der Waals surface area contributed by atoms with E-state index in [0.29, 0.717) is 6.42 Å². The molecule has 18 heavy (non-hydrogen) atoms. The molecule has 7 heteroatoms. The molecule has 0 saturated carbocycles. The van der Waals surface area contributed by atoms with Gasteiger partial charge in [-0.1, -0.05) is 0 Å². The zero-order valence-electron chi connectivity index (χ0n) is 9.97. The highest BCUT2D eigenvalue weighted by molar-refractivity contribution is 5.24. The van der Waals surface area contributed by atoms with Crippen LogP contribution in [0.3, 0.4) is 0 Å². The molecule has 0 spiro atoms. The standard InChI is InChI=1S/C11H15F4N3/c1-18-9-4-2-3-8(7(9)5-17-18)16-6-11(14,15)10(12)13/h5,8,10,16H,2-4,6H2,1H3. The van der Waals surface area contributed by atoms with Crippen LogP contribution in [-0.4, -0.2) is 28.7 Å². The summed E-state index contributed by atoms with van der Waals surface area (Å²) in [4.78, 5) is 0. The monoisotopic (exact) mass is 265 g/mol. The number of alkyl halides is 4. The number of aryl methyl sites for hydroxylation is 1. The SMILES string of the molecule is Cn1ncc2c1CCCC2NCC(F)(F)C(F)F. The van der Waals surface area contributed by atoms with Crippen LogP contribution in [-0.2, 0) is 13.5 Å². The summed E-state index contributed by atoms with van der Waals surface area (Å²) in [5, 5.41) is 6.60. The van der Waals surface area contributed by atoms with Crippen LogP contribution < -0.4 is 5.32 Å². The van der Waals surface area contributed by atoms with Crippen molar-refractivity contribution in [1.29, 1.82) is 0 Å². The van der Waals surface area contributed by atoms with E-state index in [0.717, 1.165) is 24.1 Å². The summed E-state index contributed by atoms with van der Waals surface area (Å²) in [6.07, 6.45) is 0.326. The maximum Gasteiger partial charge on any atom is 0.319 e. The van der Waals surface area contributed by atoms with Crippen molar-refractivity contribution in [3.63, 3.8) is 0 Å². The van der Waals surface area contributed by atoms with E-state index < -0.39 is 18.9 Å². The van der Waals surface area contributed by atoms with E-state index in [9.17, 15) is 17.6 Å². The summed E-state index contributed by atoms with van der Waals surface area (Å²) in [7, 11) is 1.79. The smallest absolute Gasteiger partial charge is 0.304 e. The second-order valence-corrected chi connectivity index (χ2v) is 4.56. The second-order valence-electron chi connectivity index (χ2n) is 4.56. The molecule has 0 aromatic carbocycles. The van der Waals surface area contributed by atoms with Gasteiger partial charge >= 0.3 is 12.3 Å². The van der Waals surface area contributed by atoms with Crippen LogP contribution in [0.15, 0.2) is 6.20 Å². The number of rotatable bonds is 4. The average molecular weight is 265 g/mol. The van der Waals surface area contributed by atoms with Gasteiger partial charge in [-0.25, -0.2) is 8.78 Å². The number of nitrogens with one attached hydrogen (secondary N) is 1. The lowest BCUT2D eigenvalue weighted by Gasteiger charge is -2.26. The van der Waals surface area contributed by atoms with Crippen LogP contribution in [0, 0.1) is 0 Å². The Bertz CT molecular complexity index is 416. The van der Waals surface area contributed by atoms with Gasteiger partial charge in [0.05, 0.1) is 12.7 Å². The van der Waals surface area contributed by atoms with E-state index in [1.807, 2.05) is 0 Å². The molecule has 1 N–H and O–H groups in total. The Morgan fingerprint density at radius 1 is 1.56 bits per heavy atom. The van der Waals surface area contributed by atoms with Gasteiger partial charge in [0.15, 0.2) is 0 Å². The van der Waals surface area contributed by atoms with Gasteiger partial charge in [0.25, 0.3) is 0 Å². The van der Waals surface area contributed by atoms with Crippen LogP contribution in [0.1, 0.15) is 30.1 Å². The van der Waals surface area contributed by atoms with Gasteiger partial charge in [0.1, 0.15) is 0 Å². The summed E-state index contributed by atoms with van der Waals surface area (Å²) < 4.78 is 51.5. The highest BCUT2D eigenvalue weighted by Crippen LogP contribution is 2.30. The first-order chi connectivity index (χ1) is 8.42. The van der Waals surface area contributed by atoms with Crippen molar-refractivity contribution in [2.24, 2.45) is 7.05 Å². The van der Waals surface area contributed by atoms with Gasteiger partial charge in [-0.05, 0) is 19.3 Å². The third kappa shape index (κ3) is 2.50. The molecule has 1 aliphatic carbocycles. The predicted molar refractivity (Wildman–Crippen MR) is 57.8 cm³/mol. The van der Waals surface area contributed by atoms with Crippen LogP contribution in [0.5, 0.6) is 0 Å². The molecule has 3 nitrogen and oxygen atoms in total. The van der Waals surface area contributed by atoms with E-state index in [1.54, 1.807) is 17.9 Å². The molecule has 0 saturated heterocycles. The summed E-state index contributed by atoms with van der Waals surface area (Å²) in [5.41, 5.74) is 1.83. The first-order valence-electron chi connectivity index (χ1n) is 5.82. The number of fused-ring (bicyclic) bond motifs is 1. The molecule has 0 fully saturated rings. The first-order valence-corrected chi connectivity index (χ1v) is 5.82. The molecular weight excluding hydrogens is 250 g/mol. The van der Waals surface area contributed by atoms with Gasteiger partial charge < -0.3 is 5.32 Å². The Balaban J connectivity index is 2.04. The van der Waals surface area contributed by atoms with Crippen LogP contribution in [0.25, 0.3) is 0 Å². The fraction of sp³-hybridized carbons (Fsp3) is 0.727. The highest BCUT2D eigenvalue weighted by atomic mass is 19.3. The summed E-state index contributed by atoms with van der Waals surface area (Å²) in [6, 6.07) is -0.313. The van der Waals surface area contributed by atoms with Crippen molar-refractivity contribution in [3.05, 3.63) is 17.5 Å². The lowest BCUT2D eigenvalue weighted by atomic mass is 9.93. The fourth-order valence-corrected chi connectivity index (χ4v) is 2.25.